The predicted octanol–water partition coefficient (Wildman–Crippen LogP) is -0.639. The summed E-state index contributed by atoms with van der Waals surface area (Å²) in [5, 5.41) is 1.67. The molecular formula is C12H22N6. The number of benzene rings is 1. The Morgan fingerprint density at radius 3 is 2.33 bits per heavy atom. The zero-order valence-electron chi connectivity index (χ0n) is 10.8. The second-order valence-electron chi connectivity index (χ2n) is 4.62. The predicted molar refractivity (Wildman–Crippen MR) is 73.3 cm³/mol. The third-order valence-electron chi connectivity index (χ3n) is 3.35. The van der Waals surface area contributed by atoms with Gasteiger partial charge in [-0.25, -0.2) is 11.3 Å². The van der Waals surface area contributed by atoms with Gasteiger partial charge in [0.1, 0.15) is 0 Å². The molecule has 0 aromatic heterocycles. The van der Waals surface area contributed by atoms with Crippen molar-refractivity contribution in [2.75, 3.05) is 38.2 Å². The summed E-state index contributed by atoms with van der Waals surface area (Å²) in [6.45, 7) is 3.96. The Kier molecular flexibility index (Phi) is 4.51. The van der Waals surface area contributed by atoms with E-state index in [4.69, 9.17) is 11.7 Å². The van der Waals surface area contributed by atoms with Gasteiger partial charge in [-0.2, -0.15) is 0 Å². The average molecular weight is 250 g/mol. The molecule has 1 fully saturated rings. The molecule has 1 saturated heterocycles. The molecule has 1 aliphatic rings. The van der Waals surface area contributed by atoms with Crippen molar-refractivity contribution in [2.45, 2.75) is 6.29 Å². The molecule has 1 aromatic rings. The molecule has 6 heteroatoms. The standard InChI is InChI=1S/C12H22N6/c1-16-7-9-17(10-8-16)12(15-13)18(14)11-5-3-2-4-6-11/h2-6,12,15H,7-10,13-14H2,1H3. The molecule has 18 heavy (non-hydrogen) atoms. The summed E-state index contributed by atoms with van der Waals surface area (Å²) in [7, 11) is 2.12. The number of piperazine rings is 1. The highest BCUT2D eigenvalue weighted by molar-refractivity contribution is 5.44. The van der Waals surface area contributed by atoms with E-state index in [2.05, 4.69) is 22.3 Å². The number of nitrogens with one attached hydrogen (secondary N) is 1. The SMILES string of the molecule is CN1CCN(C(NN)N(N)c2ccccc2)CC1. The third kappa shape index (κ3) is 2.98. The van der Waals surface area contributed by atoms with Crippen molar-refractivity contribution in [3.63, 3.8) is 0 Å². The van der Waals surface area contributed by atoms with E-state index in [1.165, 1.54) is 0 Å². The first kappa shape index (κ1) is 13.3. The van der Waals surface area contributed by atoms with Crippen LogP contribution in [0, 0.1) is 0 Å². The van der Waals surface area contributed by atoms with Crippen LogP contribution in [0.4, 0.5) is 5.69 Å². The number of anilines is 1. The number of hydrogen-bond acceptors (Lipinski definition) is 6. The number of rotatable bonds is 4. The van der Waals surface area contributed by atoms with Crippen LogP contribution in [0.25, 0.3) is 0 Å². The van der Waals surface area contributed by atoms with Crippen LogP contribution in [0.3, 0.4) is 0 Å². The lowest BCUT2D eigenvalue weighted by molar-refractivity contribution is 0.0916. The van der Waals surface area contributed by atoms with E-state index in [9.17, 15) is 0 Å². The minimum absolute atomic E-state index is 0.180. The van der Waals surface area contributed by atoms with Gasteiger partial charge in [-0.1, -0.05) is 18.2 Å². The molecule has 1 heterocycles. The highest BCUT2D eigenvalue weighted by atomic mass is 15.6. The normalized spacial score (nSPS) is 19.7. The van der Waals surface area contributed by atoms with Crippen LogP contribution in [-0.2, 0) is 0 Å². The largest absolute Gasteiger partial charge is 0.304 e. The van der Waals surface area contributed by atoms with E-state index in [-0.39, 0.29) is 6.29 Å². The van der Waals surface area contributed by atoms with Crippen molar-refractivity contribution < 1.29 is 0 Å². The molecule has 2 rings (SSSR count). The molecule has 1 aliphatic heterocycles. The Hall–Kier alpha value is -1.18. The van der Waals surface area contributed by atoms with Gasteiger partial charge in [0.25, 0.3) is 0 Å². The van der Waals surface area contributed by atoms with Crippen LogP contribution in [0.15, 0.2) is 30.3 Å². The fourth-order valence-electron chi connectivity index (χ4n) is 2.17. The van der Waals surface area contributed by atoms with Crippen LogP contribution in [0.5, 0.6) is 0 Å². The smallest absolute Gasteiger partial charge is 0.163 e. The minimum atomic E-state index is -0.180. The molecule has 0 aliphatic carbocycles. The quantitative estimate of drug-likeness (QED) is 0.375. The Balaban J connectivity index is 2.04. The monoisotopic (exact) mass is 250 g/mol. The summed E-state index contributed by atoms with van der Waals surface area (Å²) < 4.78 is 0. The Labute approximate surface area is 108 Å². The van der Waals surface area contributed by atoms with Gasteiger partial charge in [-0.05, 0) is 19.2 Å². The number of hydrazine groups is 2. The van der Waals surface area contributed by atoms with Crippen LogP contribution in [-0.4, -0.2) is 49.3 Å². The summed E-state index contributed by atoms with van der Waals surface area (Å²) in [5.41, 5.74) is 3.74. The maximum Gasteiger partial charge on any atom is 0.163 e. The number of likely N-dealkylation sites (N-methyl/N-ethyl adjacent to an activating group) is 1. The first-order valence-electron chi connectivity index (χ1n) is 6.20. The molecule has 0 spiro atoms. The van der Waals surface area contributed by atoms with Gasteiger partial charge in [-0.15, -0.1) is 0 Å². The van der Waals surface area contributed by atoms with Crippen molar-refractivity contribution in [2.24, 2.45) is 11.7 Å². The lowest BCUT2D eigenvalue weighted by atomic mass is 10.3. The van der Waals surface area contributed by atoms with Gasteiger partial charge >= 0.3 is 0 Å². The first-order chi connectivity index (χ1) is 8.72. The highest BCUT2D eigenvalue weighted by Gasteiger charge is 2.25. The molecule has 1 aromatic carbocycles. The fourth-order valence-corrected chi connectivity index (χ4v) is 2.17. The van der Waals surface area contributed by atoms with E-state index in [1.54, 1.807) is 5.01 Å². The average Bonchev–Trinajstić information content (AvgIpc) is 2.42. The van der Waals surface area contributed by atoms with E-state index in [0.717, 1.165) is 31.9 Å². The Morgan fingerprint density at radius 2 is 1.78 bits per heavy atom. The molecule has 6 nitrogen and oxygen atoms in total. The highest BCUT2D eigenvalue weighted by Crippen LogP contribution is 2.14. The lowest BCUT2D eigenvalue weighted by Crippen LogP contribution is -2.65. The van der Waals surface area contributed by atoms with Gasteiger partial charge < -0.3 is 4.90 Å². The van der Waals surface area contributed by atoms with E-state index < -0.39 is 0 Å². The van der Waals surface area contributed by atoms with E-state index >= 15 is 0 Å². The summed E-state index contributed by atoms with van der Waals surface area (Å²) in [6, 6.07) is 9.85. The summed E-state index contributed by atoms with van der Waals surface area (Å²) in [5.74, 6) is 11.8. The van der Waals surface area contributed by atoms with Gasteiger partial charge in [0.15, 0.2) is 6.29 Å². The van der Waals surface area contributed by atoms with Crippen molar-refractivity contribution in [1.29, 1.82) is 0 Å². The van der Waals surface area contributed by atoms with Crippen LogP contribution >= 0.6 is 0 Å². The van der Waals surface area contributed by atoms with Crippen molar-refractivity contribution >= 4 is 5.69 Å². The maximum atomic E-state index is 6.15. The van der Waals surface area contributed by atoms with Gasteiger partial charge in [0.2, 0.25) is 0 Å². The second-order valence-corrected chi connectivity index (χ2v) is 4.62. The zero-order chi connectivity index (χ0) is 13.0. The molecule has 0 bridgehead atoms. The maximum absolute atomic E-state index is 6.15. The van der Waals surface area contributed by atoms with E-state index in [1.807, 2.05) is 30.3 Å². The molecule has 1 atom stereocenters. The third-order valence-corrected chi connectivity index (χ3v) is 3.35. The topological polar surface area (TPSA) is 73.8 Å². The summed E-state index contributed by atoms with van der Waals surface area (Å²) >= 11 is 0. The van der Waals surface area contributed by atoms with Crippen LogP contribution in [0.1, 0.15) is 0 Å². The molecule has 1 unspecified atom stereocenters. The van der Waals surface area contributed by atoms with Gasteiger partial charge in [0.05, 0.1) is 5.69 Å². The Bertz CT molecular complexity index is 349. The second kappa shape index (κ2) is 6.12. The number of nitrogens with two attached hydrogens (primary N) is 2. The minimum Gasteiger partial charge on any atom is -0.304 e. The van der Waals surface area contributed by atoms with Crippen molar-refractivity contribution in [3.8, 4) is 0 Å². The molecule has 5 N–H and O–H groups in total. The van der Waals surface area contributed by atoms with Crippen molar-refractivity contribution in [3.05, 3.63) is 30.3 Å². The molecular weight excluding hydrogens is 228 g/mol. The van der Waals surface area contributed by atoms with Gasteiger partial charge in [-0.3, -0.25) is 15.8 Å². The molecule has 0 amide bonds. The number of nitrogens with zero attached hydrogens (tertiary/aromatic N) is 3. The molecule has 100 valence electrons. The lowest BCUT2D eigenvalue weighted by Gasteiger charge is -2.41. The van der Waals surface area contributed by atoms with Crippen LogP contribution in [0.2, 0.25) is 0 Å². The van der Waals surface area contributed by atoms with Crippen LogP contribution < -0.4 is 22.1 Å². The van der Waals surface area contributed by atoms with Crippen molar-refractivity contribution in [1.82, 2.24) is 15.2 Å². The number of hydrogen-bond donors (Lipinski definition) is 3. The van der Waals surface area contributed by atoms with Gasteiger partial charge in [0, 0.05) is 26.2 Å². The Morgan fingerprint density at radius 1 is 1.17 bits per heavy atom. The number of para-hydroxylation sites is 1. The molecule has 0 saturated carbocycles. The zero-order valence-corrected chi connectivity index (χ0v) is 10.8. The summed E-state index contributed by atoms with van der Waals surface area (Å²) in [6.07, 6.45) is -0.180. The van der Waals surface area contributed by atoms with E-state index in [0.29, 0.717) is 0 Å². The fraction of sp³-hybridized carbons (Fsp3) is 0.500. The molecule has 0 radical (unpaired) electrons. The summed E-state index contributed by atoms with van der Waals surface area (Å²) in [4.78, 5) is 4.54. The first-order valence-corrected chi connectivity index (χ1v) is 6.20.